The highest BCUT2D eigenvalue weighted by molar-refractivity contribution is 7.99. The summed E-state index contributed by atoms with van der Waals surface area (Å²) in [6, 6.07) is 7.22. The third kappa shape index (κ3) is 3.30. The zero-order chi connectivity index (χ0) is 20.0. The quantitative estimate of drug-likeness (QED) is 0.372. The monoisotopic (exact) mass is 432 g/mol. The van der Waals surface area contributed by atoms with Gasteiger partial charge in [0.25, 0.3) is 5.56 Å². The predicted octanol–water partition coefficient (Wildman–Crippen LogP) is 4.08. The molecule has 0 radical (unpaired) electrons. The summed E-state index contributed by atoms with van der Waals surface area (Å²) in [5.41, 5.74) is 1.68. The SMILES string of the molecule is Cc1sc2nc(C(C)Sc3nnc(-c4ccc(Cl)cc4)n3N)[nH]c(=O)c2c1C. The van der Waals surface area contributed by atoms with Crippen LogP contribution in [0.5, 0.6) is 0 Å². The molecule has 1 aromatic carbocycles. The van der Waals surface area contributed by atoms with Gasteiger partial charge in [-0.15, -0.1) is 21.5 Å². The highest BCUT2D eigenvalue weighted by Crippen LogP contribution is 2.34. The molecule has 0 spiro atoms. The van der Waals surface area contributed by atoms with Gasteiger partial charge in [0.2, 0.25) is 5.16 Å². The van der Waals surface area contributed by atoms with Gasteiger partial charge in [-0.3, -0.25) is 4.79 Å². The second-order valence-corrected chi connectivity index (χ2v) is 9.31. The number of nitrogens with two attached hydrogens (primary N) is 1. The van der Waals surface area contributed by atoms with Gasteiger partial charge < -0.3 is 10.8 Å². The molecule has 0 aliphatic carbocycles. The standard InChI is InChI=1S/C18H17ClN6OS2/c1-8-9(2)27-17-13(8)16(26)21-14(22-17)10(3)28-18-24-23-15(25(18)20)11-4-6-12(19)7-5-11/h4-7,10H,20H2,1-3H3,(H,21,22,26). The lowest BCUT2D eigenvalue weighted by Crippen LogP contribution is -2.14. The van der Waals surface area contributed by atoms with Crippen molar-refractivity contribution in [3.8, 4) is 11.4 Å². The van der Waals surface area contributed by atoms with E-state index in [-0.39, 0.29) is 10.8 Å². The molecular formula is C18H17ClN6OS2. The molecule has 3 N–H and O–H groups in total. The maximum absolute atomic E-state index is 12.5. The lowest BCUT2D eigenvalue weighted by Gasteiger charge is -2.10. The molecule has 1 atom stereocenters. The average Bonchev–Trinajstić information content (AvgIpc) is 3.16. The number of hydrogen-bond donors (Lipinski definition) is 2. The van der Waals surface area contributed by atoms with Gasteiger partial charge in [0.05, 0.1) is 10.6 Å². The number of hydrogen-bond acceptors (Lipinski definition) is 7. The summed E-state index contributed by atoms with van der Waals surface area (Å²) < 4.78 is 1.43. The Morgan fingerprint density at radius 2 is 1.96 bits per heavy atom. The summed E-state index contributed by atoms with van der Waals surface area (Å²) in [5.74, 6) is 7.31. The van der Waals surface area contributed by atoms with Gasteiger partial charge >= 0.3 is 0 Å². The van der Waals surface area contributed by atoms with Gasteiger partial charge in [0.1, 0.15) is 10.7 Å². The molecule has 0 saturated carbocycles. The van der Waals surface area contributed by atoms with Crippen LogP contribution >= 0.6 is 34.7 Å². The van der Waals surface area contributed by atoms with E-state index in [9.17, 15) is 4.79 Å². The summed E-state index contributed by atoms with van der Waals surface area (Å²) >= 11 is 8.84. The Labute approximate surface area is 173 Å². The number of fused-ring (bicyclic) bond motifs is 1. The smallest absolute Gasteiger partial charge is 0.259 e. The number of nitrogen functional groups attached to an aromatic ring is 1. The number of halogens is 1. The largest absolute Gasteiger partial charge is 0.335 e. The van der Waals surface area contributed by atoms with E-state index in [2.05, 4.69) is 20.2 Å². The lowest BCUT2D eigenvalue weighted by molar-refractivity contribution is 0.835. The van der Waals surface area contributed by atoms with Gasteiger partial charge in [-0.1, -0.05) is 23.4 Å². The molecule has 0 bridgehead atoms. The number of thioether (sulfide) groups is 1. The maximum Gasteiger partial charge on any atom is 0.259 e. The number of thiophene rings is 1. The van der Waals surface area contributed by atoms with Gasteiger partial charge in [-0.25, -0.2) is 9.66 Å². The number of H-pyrrole nitrogens is 1. The molecule has 7 nitrogen and oxygen atoms in total. The molecule has 144 valence electrons. The van der Waals surface area contributed by atoms with E-state index < -0.39 is 0 Å². The first-order chi connectivity index (χ1) is 13.3. The third-order valence-corrected chi connectivity index (χ3v) is 6.91. The molecule has 28 heavy (non-hydrogen) atoms. The van der Waals surface area contributed by atoms with Gasteiger partial charge in [0.15, 0.2) is 5.82 Å². The van der Waals surface area contributed by atoms with E-state index in [1.54, 1.807) is 12.1 Å². The maximum atomic E-state index is 12.5. The second kappa shape index (κ2) is 7.23. The minimum Gasteiger partial charge on any atom is -0.335 e. The summed E-state index contributed by atoms with van der Waals surface area (Å²) in [4.78, 5) is 21.9. The molecule has 0 saturated heterocycles. The normalized spacial score (nSPS) is 12.6. The van der Waals surface area contributed by atoms with E-state index in [1.807, 2.05) is 32.9 Å². The van der Waals surface area contributed by atoms with Crippen molar-refractivity contribution >= 4 is 44.9 Å². The van der Waals surface area contributed by atoms with Crippen molar-refractivity contribution in [1.82, 2.24) is 24.8 Å². The van der Waals surface area contributed by atoms with Crippen molar-refractivity contribution in [2.45, 2.75) is 31.2 Å². The molecule has 0 aliphatic rings. The Morgan fingerprint density at radius 3 is 2.68 bits per heavy atom. The van der Waals surface area contributed by atoms with Crippen molar-refractivity contribution < 1.29 is 0 Å². The molecule has 10 heteroatoms. The minimum atomic E-state index is -0.163. The van der Waals surface area contributed by atoms with Crippen molar-refractivity contribution in [1.29, 1.82) is 0 Å². The van der Waals surface area contributed by atoms with E-state index in [0.29, 0.717) is 27.2 Å². The first-order valence-electron chi connectivity index (χ1n) is 8.48. The van der Waals surface area contributed by atoms with E-state index >= 15 is 0 Å². The van der Waals surface area contributed by atoms with Crippen LogP contribution in [0.25, 0.3) is 21.6 Å². The number of benzene rings is 1. The predicted molar refractivity (Wildman–Crippen MR) is 115 cm³/mol. The zero-order valence-corrected chi connectivity index (χ0v) is 17.7. The number of aromatic amines is 1. The first kappa shape index (κ1) is 19.0. The van der Waals surface area contributed by atoms with Gasteiger partial charge in [-0.05, 0) is 50.6 Å². The fourth-order valence-electron chi connectivity index (χ4n) is 2.83. The summed E-state index contributed by atoms with van der Waals surface area (Å²) in [6.45, 7) is 5.88. The van der Waals surface area contributed by atoms with Crippen LogP contribution in [-0.2, 0) is 0 Å². The highest BCUT2D eigenvalue weighted by atomic mass is 35.5. The topological polar surface area (TPSA) is 102 Å². The Bertz CT molecular complexity index is 1230. The first-order valence-corrected chi connectivity index (χ1v) is 10.6. The average molecular weight is 433 g/mol. The highest BCUT2D eigenvalue weighted by Gasteiger charge is 2.20. The van der Waals surface area contributed by atoms with Crippen LogP contribution in [0.3, 0.4) is 0 Å². The van der Waals surface area contributed by atoms with Crippen LogP contribution in [0.4, 0.5) is 0 Å². The Hall–Kier alpha value is -2.36. The molecule has 3 aromatic heterocycles. The summed E-state index contributed by atoms with van der Waals surface area (Å²) in [7, 11) is 0. The molecule has 0 fully saturated rings. The fraction of sp³-hybridized carbons (Fsp3) is 0.222. The zero-order valence-electron chi connectivity index (χ0n) is 15.4. The van der Waals surface area contributed by atoms with E-state index in [1.165, 1.54) is 27.8 Å². The number of aryl methyl sites for hydroxylation is 2. The number of rotatable bonds is 4. The van der Waals surface area contributed by atoms with Crippen molar-refractivity contribution in [2.24, 2.45) is 0 Å². The van der Waals surface area contributed by atoms with Crippen LogP contribution in [0, 0.1) is 13.8 Å². The van der Waals surface area contributed by atoms with E-state index in [4.69, 9.17) is 17.4 Å². The lowest BCUT2D eigenvalue weighted by atomic mass is 10.2. The molecule has 4 rings (SSSR count). The van der Waals surface area contributed by atoms with Gasteiger partial charge in [0, 0.05) is 15.5 Å². The molecular weight excluding hydrogens is 416 g/mol. The van der Waals surface area contributed by atoms with Gasteiger partial charge in [-0.2, -0.15) is 0 Å². The molecule has 3 heterocycles. The van der Waals surface area contributed by atoms with Crippen molar-refractivity contribution in [3.63, 3.8) is 0 Å². The van der Waals surface area contributed by atoms with Crippen LogP contribution in [-0.4, -0.2) is 24.8 Å². The summed E-state index contributed by atoms with van der Waals surface area (Å²) in [6.07, 6.45) is 0. The third-order valence-electron chi connectivity index (χ3n) is 4.49. The number of nitrogens with zero attached hydrogens (tertiary/aromatic N) is 4. The van der Waals surface area contributed by atoms with Crippen molar-refractivity contribution in [3.05, 3.63) is 55.9 Å². The number of aromatic nitrogens is 5. The molecule has 1 unspecified atom stereocenters. The van der Waals surface area contributed by atoms with Crippen LogP contribution in [0.1, 0.15) is 28.4 Å². The molecule has 0 amide bonds. The van der Waals surface area contributed by atoms with E-state index in [0.717, 1.165) is 20.8 Å². The van der Waals surface area contributed by atoms with Crippen LogP contribution in [0.2, 0.25) is 5.02 Å². The second-order valence-electron chi connectivity index (χ2n) is 6.36. The van der Waals surface area contributed by atoms with Crippen LogP contribution in [0.15, 0.2) is 34.2 Å². The number of nitrogens with one attached hydrogen (secondary N) is 1. The molecule has 4 aromatic rings. The van der Waals surface area contributed by atoms with Crippen molar-refractivity contribution in [2.75, 3.05) is 5.84 Å². The fourth-order valence-corrected chi connectivity index (χ4v) is 4.82. The summed E-state index contributed by atoms with van der Waals surface area (Å²) in [5, 5.41) is 10.0. The Morgan fingerprint density at radius 1 is 1.25 bits per heavy atom. The van der Waals surface area contributed by atoms with Crippen LogP contribution < -0.4 is 11.4 Å². The Kier molecular flexibility index (Phi) is 4.90. The minimum absolute atomic E-state index is 0.120. The molecule has 0 aliphatic heterocycles. The Balaban J connectivity index is 1.64.